The number of halogens is 3. The van der Waals surface area contributed by atoms with E-state index < -0.39 is 39.0 Å². The summed E-state index contributed by atoms with van der Waals surface area (Å²) in [6, 6.07) is 0. The third-order valence-corrected chi connectivity index (χ3v) is 5.20. The van der Waals surface area contributed by atoms with E-state index in [1.54, 1.807) is 4.90 Å². The maximum atomic E-state index is 12.8. The van der Waals surface area contributed by atoms with Crippen molar-refractivity contribution in [3.05, 3.63) is 0 Å². The molecule has 1 aliphatic heterocycles. The number of aliphatic carboxylic acids is 2. The Morgan fingerprint density at radius 2 is 1.22 bits per heavy atom. The van der Waals surface area contributed by atoms with Gasteiger partial charge in [-0.15, -0.1) is 0 Å². The molecule has 0 aromatic heterocycles. The normalized spacial score (nSPS) is 21.4. The Bertz CT molecular complexity index is 599. The summed E-state index contributed by atoms with van der Waals surface area (Å²) in [7, 11) is -3.21. The Labute approximate surface area is 183 Å². The van der Waals surface area contributed by atoms with Crippen LogP contribution in [0.25, 0.3) is 0 Å². The summed E-state index contributed by atoms with van der Waals surface area (Å²) in [6.07, 6.45) is -7.41. The second-order valence-electron chi connectivity index (χ2n) is 7.36. The van der Waals surface area contributed by atoms with E-state index in [0.717, 1.165) is 0 Å². The number of rotatable bonds is 9. The number of β-amino-alcohol motifs (C(OH)–C–C–N with tert-alkyl or cyclic N) is 1. The summed E-state index contributed by atoms with van der Waals surface area (Å²) >= 11 is 0. The van der Waals surface area contributed by atoms with Crippen molar-refractivity contribution in [3.63, 3.8) is 0 Å². The van der Waals surface area contributed by atoms with Gasteiger partial charge in [-0.2, -0.15) is 13.2 Å². The molecule has 4 N–H and O–H groups in total. The number of aliphatic hydroxyl groups is 1. The van der Waals surface area contributed by atoms with Crippen LogP contribution in [0.2, 0.25) is 0 Å². The predicted octanol–water partition coefficient (Wildman–Crippen LogP) is -1.34. The van der Waals surface area contributed by atoms with Crippen molar-refractivity contribution in [2.45, 2.75) is 12.3 Å². The molecule has 0 amide bonds. The zero-order valence-electron chi connectivity index (χ0n) is 17.4. The van der Waals surface area contributed by atoms with E-state index in [2.05, 4.69) is 0 Å². The molecule has 1 rings (SSSR count). The number of hydrogen-bond donors (Lipinski definition) is 4. The van der Waals surface area contributed by atoms with Crippen molar-refractivity contribution < 1.29 is 52.1 Å². The standard InChI is InChI=1S/C16H30F3N4O8P/c17-16(18,19)13(24)9-20-1-3-21(10-14(25)26)5-7-23(12-31-32(29)30)8-6-22(4-2-20)11-15(27)28/h13,24,32H,1-12H2,(H,25,26)(H,27,28)(H,29,30). The fourth-order valence-electron chi connectivity index (χ4n) is 3.08. The second kappa shape index (κ2) is 14.1. The smallest absolute Gasteiger partial charge is 0.415 e. The minimum absolute atomic E-state index is 0.0160. The molecule has 0 bridgehead atoms. The van der Waals surface area contributed by atoms with Gasteiger partial charge in [0.2, 0.25) is 0 Å². The second-order valence-corrected chi connectivity index (χ2v) is 8.18. The third kappa shape index (κ3) is 12.6. The molecule has 188 valence electrons. The Hall–Kier alpha value is -1.32. The van der Waals surface area contributed by atoms with E-state index in [9.17, 15) is 32.4 Å². The SMILES string of the molecule is O=C(O)CN1CCN(CO[PH](=O)O)CCN(CC(=O)O)CCN(CC(O)C(F)(F)F)CC1. The van der Waals surface area contributed by atoms with Gasteiger partial charge in [0.1, 0.15) is 6.73 Å². The molecular weight excluding hydrogens is 464 g/mol. The highest BCUT2D eigenvalue weighted by molar-refractivity contribution is 7.32. The fourth-order valence-corrected chi connectivity index (χ4v) is 3.38. The Morgan fingerprint density at radius 3 is 1.56 bits per heavy atom. The van der Waals surface area contributed by atoms with Crippen LogP contribution < -0.4 is 0 Å². The molecule has 0 aliphatic carbocycles. The molecule has 32 heavy (non-hydrogen) atoms. The van der Waals surface area contributed by atoms with E-state index in [4.69, 9.17) is 19.6 Å². The van der Waals surface area contributed by atoms with Crippen LogP contribution in [0.4, 0.5) is 13.2 Å². The topological polar surface area (TPSA) is 154 Å². The molecule has 0 spiro atoms. The lowest BCUT2D eigenvalue weighted by molar-refractivity contribution is -0.208. The maximum absolute atomic E-state index is 12.8. The number of carbonyl (C=O) groups is 2. The van der Waals surface area contributed by atoms with Gasteiger partial charge < -0.3 is 20.2 Å². The predicted molar refractivity (Wildman–Crippen MR) is 105 cm³/mol. The van der Waals surface area contributed by atoms with Crippen LogP contribution in [-0.4, -0.2) is 143 Å². The van der Waals surface area contributed by atoms with Gasteiger partial charge in [-0.1, -0.05) is 0 Å². The Morgan fingerprint density at radius 1 is 0.844 bits per heavy atom. The summed E-state index contributed by atoms with van der Waals surface area (Å²) in [4.78, 5) is 37.2. The van der Waals surface area contributed by atoms with Crippen LogP contribution in [0, 0.1) is 0 Å². The van der Waals surface area contributed by atoms with Gasteiger partial charge in [0.15, 0.2) is 6.10 Å². The van der Waals surface area contributed by atoms with E-state index in [1.807, 2.05) is 0 Å². The molecule has 16 heteroatoms. The van der Waals surface area contributed by atoms with Crippen LogP contribution in [0.5, 0.6) is 0 Å². The first-order valence-electron chi connectivity index (χ1n) is 9.80. The zero-order valence-corrected chi connectivity index (χ0v) is 18.4. The number of alkyl halides is 3. The van der Waals surface area contributed by atoms with Gasteiger partial charge in [-0.05, 0) is 0 Å². The van der Waals surface area contributed by atoms with Crippen molar-refractivity contribution in [1.29, 1.82) is 0 Å². The van der Waals surface area contributed by atoms with Crippen LogP contribution in [0.1, 0.15) is 0 Å². The molecule has 12 nitrogen and oxygen atoms in total. The molecule has 1 aliphatic rings. The van der Waals surface area contributed by atoms with Crippen molar-refractivity contribution in [2.24, 2.45) is 0 Å². The molecule has 2 atom stereocenters. The van der Waals surface area contributed by atoms with Gasteiger partial charge in [-0.25, -0.2) is 0 Å². The average Bonchev–Trinajstić information content (AvgIpc) is 2.65. The summed E-state index contributed by atoms with van der Waals surface area (Å²) in [6.45, 7) is -0.697. The quantitative estimate of drug-likeness (QED) is 0.280. The van der Waals surface area contributed by atoms with Gasteiger partial charge >= 0.3 is 26.4 Å². The first kappa shape index (κ1) is 28.7. The zero-order chi connectivity index (χ0) is 24.3. The average molecular weight is 494 g/mol. The maximum Gasteiger partial charge on any atom is 0.415 e. The van der Waals surface area contributed by atoms with E-state index in [-0.39, 0.29) is 72.2 Å². The lowest BCUT2D eigenvalue weighted by atomic mass is 10.2. The van der Waals surface area contributed by atoms with Crippen LogP contribution >= 0.6 is 8.25 Å². The molecule has 2 unspecified atom stereocenters. The van der Waals surface area contributed by atoms with Crippen LogP contribution in [-0.2, 0) is 18.7 Å². The highest BCUT2D eigenvalue weighted by Crippen LogP contribution is 2.21. The van der Waals surface area contributed by atoms with Crippen molar-refractivity contribution in [1.82, 2.24) is 19.6 Å². The molecule has 1 heterocycles. The Balaban J connectivity index is 2.97. The number of aliphatic hydroxyl groups excluding tert-OH is 1. The third-order valence-electron chi connectivity index (χ3n) is 4.83. The summed E-state index contributed by atoms with van der Waals surface area (Å²) in [5.74, 6) is -2.26. The van der Waals surface area contributed by atoms with Gasteiger partial charge in [0.25, 0.3) is 0 Å². The molecular formula is C16H30F3N4O8P. The summed E-state index contributed by atoms with van der Waals surface area (Å²) < 4.78 is 54.1. The Kier molecular flexibility index (Phi) is 12.6. The van der Waals surface area contributed by atoms with Gasteiger partial charge in [0.05, 0.1) is 13.1 Å². The molecule has 1 fully saturated rings. The van der Waals surface area contributed by atoms with Crippen molar-refractivity contribution in [3.8, 4) is 0 Å². The van der Waals surface area contributed by atoms with Crippen molar-refractivity contribution >= 4 is 20.2 Å². The largest absolute Gasteiger partial charge is 0.480 e. The van der Waals surface area contributed by atoms with Crippen molar-refractivity contribution in [2.75, 3.05) is 78.7 Å². The summed E-state index contributed by atoms with van der Waals surface area (Å²) in [5, 5.41) is 27.7. The molecule has 0 aromatic carbocycles. The lowest BCUT2D eigenvalue weighted by Gasteiger charge is -2.34. The van der Waals surface area contributed by atoms with E-state index in [1.165, 1.54) is 14.7 Å². The van der Waals surface area contributed by atoms with Gasteiger partial charge in [-0.3, -0.25) is 38.3 Å². The molecule has 0 radical (unpaired) electrons. The van der Waals surface area contributed by atoms with E-state index >= 15 is 0 Å². The first-order valence-corrected chi connectivity index (χ1v) is 11.1. The fraction of sp³-hybridized carbons (Fsp3) is 0.875. The van der Waals surface area contributed by atoms with E-state index in [0.29, 0.717) is 0 Å². The minimum Gasteiger partial charge on any atom is -0.480 e. The first-order chi connectivity index (χ1) is 14.9. The highest BCUT2D eigenvalue weighted by Gasteiger charge is 2.39. The minimum atomic E-state index is -4.82. The molecule has 1 saturated heterocycles. The summed E-state index contributed by atoms with van der Waals surface area (Å²) in [5.41, 5.74) is 0. The van der Waals surface area contributed by atoms with Gasteiger partial charge in [0, 0.05) is 58.9 Å². The monoisotopic (exact) mass is 494 g/mol. The number of carboxylic acid groups (broad SMARTS) is 2. The number of carboxylic acids is 2. The number of hydrogen-bond acceptors (Lipinski definition) is 9. The van der Waals surface area contributed by atoms with Crippen LogP contribution in [0.15, 0.2) is 0 Å². The lowest BCUT2D eigenvalue weighted by Crippen LogP contribution is -2.50. The van der Waals surface area contributed by atoms with Crippen LogP contribution in [0.3, 0.4) is 0 Å². The molecule has 0 aromatic rings. The highest BCUT2D eigenvalue weighted by atomic mass is 31.1. The number of nitrogens with zero attached hydrogens (tertiary/aromatic N) is 4. The molecule has 0 saturated carbocycles.